The van der Waals surface area contributed by atoms with E-state index in [2.05, 4.69) is 20.0 Å². The van der Waals surface area contributed by atoms with Crippen molar-refractivity contribution < 1.29 is 18.3 Å². The Bertz CT molecular complexity index is 1200. The largest absolute Gasteiger partial charge is 0.342 e. The first-order chi connectivity index (χ1) is 15.4. The summed E-state index contributed by atoms with van der Waals surface area (Å²) in [6, 6.07) is 4.93. The molecule has 10 heteroatoms. The lowest BCUT2D eigenvalue weighted by Crippen LogP contribution is -2.51. The average molecular weight is 440 g/mol. The fraction of sp³-hybridized carbons (Fsp3) is 0.455. The molecule has 1 amide bonds. The van der Waals surface area contributed by atoms with Gasteiger partial charge in [-0.25, -0.2) is 13.8 Å². The Morgan fingerprint density at radius 1 is 1.09 bits per heavy atom. The first kappa shape index (κ1) is 19.5. The fourth-order valence-corrected chi connectivity index (χ4v) is 5.33. The highest BCUT2D eigenvalue weighted by molar-refractivity contribution is 5.88. The van der Waals surface area contributed by atoms with Gasteiger partial charge in [0.15, 0.2) is 11.2 Å². The molecule has 6 rings (SSSR count). The van der Waals surface area contributed by atoms with Crippen LogP contribution in [-0.2, 0) is 9.53 Å². The van der Waals surface area contributed by atoms with Crippen molar-refractivity contribution in [3.63, 3.8) is 0 Å². The summed E-state index contributed by atoms with van der Waals surface area (Å²) in [5, 5.41) is 4.33. The number of hydrogen-bond acceptors (Lipinski definition) is 6. The van der Waals surface area contributed by atoms with E-state index in [0.717, 1.165) is 11.7 Å². The Kier molecular flexibility index (Phi) is 4.23. The second-order valence-electron chi connectivity index (χ2n) is 8.73. The molecule has 2 aromatic heterocycles. The molecule has 8 nitrogen and oxygen atoms in total. The molecule has 0 bridgehead atoms. The molecule has 3 aliphatic heterocycles. The highest BCUT2D eigenvalue weighted by Crippen LogP contribution is 2.48. The van der Waals surface area contributed by atoms with Crippen molar-refractivity contribution >= 4 is 17.5 Å². The molecule has 3 aliphatic rings. The van der Waals surface area contributed by atoms with Crippen LogP contribution in [0.4, 0.5) is 14.7 Å². The minimum absolute atomic E-state index is 0.0857. The molecule has 32 heavy (non-hydrogen) atoms. The first-order valence-corrected chi connectivity index (χ1v) is 10.8. The van der Waals surface area contributed by atoms with E-state index in [9.17, 15) is 13.6 Å². The van der Waals surface area contributed by atoms with E-state index in [0.29, 0.717) is 56.1 Å². The number of hydrogen-bond donors (Lipinski definition) is 0. The number of halogens is 2. The van der Waals surface area contributed by atoms with E-state index in [-0.39, 0.29) is 18.2 Å². The van der Waals surface area contributed by atoms with E-state index in [1.165, 1.54) is 12.1 Å². The topological polar surface area (TPSA) is 75.9 Å². The monoisotopic (exact) mass is 440 g/mol. The van der Waals surface area contributed by atoms with Gasteiger partial charge in [0.05, 0.1) is 12.2 Å². The maximum atomic E-state index is 13.8. The zero-order valence-corrected chi connectivity index (χ0v) is 17.5. The summed E-state index contributed by atoms with van der Waals surface area (Å²) in [7, 11) is 0. The van der Waals surface area contributed by atoms with Crippen LogP contribution in [0.5, 0.6) is 0 Å². The van der Waals surface area contributed by atoms with Gasteiger partial charge >= 0.3 is 0 Å². The van der Waals surface area contributed by atoms with Gasteiger partial charge in [-0.3, -0.25) is 4.79 Å². The number of piperidine rings is 1. The maximum absolute atomic E-state index is 13.8. The smallest absolute Gasteiger partial charge is 0.257 e. The minimum atomic E-state index is -0.906. The lowest BCUT2D eigenvalue weighted by molar-refractivity contribution is -0.140. The summed E-state index contributed by atoms with van der Waals surface area (Å²) in [5.74, 6) is 0.00403. The summed E-state index contributed by atoms with van der Waals surface area (Å²) < 4.78 is 35.6. The zero-order valence-electron chi connectivity index (χ0n) is 17.5. The SMILES string of the molecule is Cc1nc(N2CCC3(CC2)O[C@@H]2CC[C@@H](c4cc(F)cc(F)c4)N2C3=O)n2nccc2n1. The summed E-state index contributed by atoms with van der Waals surface area (Å²) in [6.45, 7) is 3.00. The minimum Gasteiger partial charge on any atom is -0.342 e. The number of rotatable bonds is 2. The molecule has 0 saturated carbocycles. The number of amides is 1. The van der Waals surface area contributed by atoms with E-state index < -0.39 is 17.2 Å². The predicted molar refractivity (Wildman–Crippen MR) is 110 cm³/mol. The fourth-order valence-electron chi connectivity index (χ4n) is 5.33. The van der Waals surface area contributed by atoms with Gasteiger partial charge in [0.25, 0.3) is 5.91 Å². The van der Waals surface area contributed by atoms with Gasteiger partial charge in [-0.1, -0.05) is 0 Å². The van der Waals surface area contributed by atoms with Gasteiger partial charge in [-0.2, -0.15) is 14.6 Å². The molecule has 1 spiro atoms. The third kappa shape index (κ3) is 2.89. The van der Waals surface area contributed by atoms with E-state index in [1.54, 1.807) is 15.6 Å². The summed E-state index contributed by atoms with van der Waals surface area (Å²) in [4.78, 5) is 26.3. The first-order valence-electron chi connectivity index (χ1n) is 10.8. The second-order valence-corrected chi connectivity index (χ2v) is 8.73. The molecule has 166 valence electrons. The summed E-state index contributed by atoms with van der Waals surface area (Å²) in [5.41, 5.74) is 0.303. The Morgan fingerprint density at radius 2 is 1.84 bits per heavy atom. The van der Waals surface area contributed by atoms with E-state index in [4.69, 9.17) is 4.74 Å². The molecule has 1 aromatic carbocycles. The molecule has 3 aromatic rings. The van der Waals surface area contributed by atoms with Crippen molar-refractivity contribution in [1.82, 2.24) is 24.5 Å². The second kappa shape index (κ2) is 6.93. The van der Waals surface area contributed by atoms with Gasteiger partial charge in [0.1, 0.15) is 23.7 Å². The average Bonchev–Trinajstić information content (AvgIpc) is 3.44. The Hall–Kier alpha value is -3.14. The zero-order chi connectivity index (χ0) is 22.0. The maximum Gasteiger partial charge on any atom is 0.257 e. The number of aromatic nitrogens is 4. The van der Waals surface area contributed by atoms with Gasteiger partial charge in [-0.15, -0.1) is 0 Å². The van der Waals surface area contributed by atoms with Gasteiger partial charge in [-0.05, 0) is 37.5 Å². The molecule has 3 fully saturated rings. The number of carbonyl (C=O) groups is 1. The van der Waals surface area contributed by atoms with E-state index >= 15 is 0 Å². The van der Waals surface area contributed by atoms with E-state index in [1.807, 2.05) is 13.0 Å². The number of fused-ring (bicyclic) bond motifs is 2. The number of benzene rings is 1. The number of nitrogens with zero attached hydrogens (tertiary/aromatic N) is 6. The van der Waals surface area contributed by atoms with Crippen LogP contribution in [0.1, 0.15) is 43.1 Å². The molecule has 2 atom stereocenters. The van der Waals surface area contributed by atoms with Crippen molar-refractivity contribution in [2.75, 3.05) is 18.0 Å². The number of aryl methyl sites for hydroxylation is 1. The van der Waals surface area contributed by atoms with Crippen LogP contribution in [0.15, 0.2) is 30.5 Å². The molecule has 0 N–H and O–H groups in total. The predicted octanol–water partition coefficient (Wildman–Crippen LogP) is 2.77. The van der Waals surface area contributed by atoms with Crippen LogP contribution in [0.3, 0.4) is 0 Å². The molecule has 0 radical (unpaired) electrons. The van der Waals surface area contributed by atoms with Crippen molar-refractivity contribution in [2.45, 2.75) is 50.5 Å². The van der Waals surface area contributed by atoms with Gasteiger partial charge < -0.3 is 14.5 Å². The normalized spacial score (nSPS) is 24.7. The standard InChI is InChI=1S/C22H22F2N6O2/c1-13-26-18-4-7-25-30(18)21(27-13)28-8-5-22(6-9-28)20(31)29-17(2-3-19(29)32-22)14-10-15(23)12-16(24)11-14/h4,7,10-12,17,19H,2-3,5-6,8-9H2,1H3/t17-,19+/m0/s1. The van der Waals surface area contributed by atoms with Crippen LogP contribution in [0.2, 0.25) is 0 Å². The van der Waals surface area contributed by atoms with Gasteiger partial charge in [0.2, 0.25) is 5.95 Å². The molecule has 5 heterocycles. The highest BCUT2D eigenvalue weighted by Gasteiger charge is 2.58. The van der Waals surface area contributed by atoms with Crippen molar-refractivity contribution in [3.8, 4) is 0 Å². The highest BCUT2D eigenvalue weighted by atomic mass is 19.1. The van der Waals surface area contributed by atoms with Crippen molar-refractivity contribution in [2.24, 2.45) is 0 Å². The lowest BCUT2D eigenvalue weighted by Gasteiger charge is -2.38. The lowest BCUT2D eigenvalue weighted by atomic mass is 9.89. The number of carbonyl (C=O) groups excluding carboxylic acids is 1. The van der Waals surface area contributed by atoms with Crippen LogP contribution in [0.25, 0.3) is 5.65 Å². The Balaban J connectivity index is 1.24. The number of ether oxygens (including phenoxy) is 1. The Morgan fingerprint density at radius 3 is 2.59 bits per heavy atom. The quantitative estimate of drug-likeness (QED) is 0.610. The van der Waals surface area contributed by atoms with Crippen LogP contribution >= 0.6 is 0 Å². The molecule has 3 saturated heterocycles. The van der Waals surface area contributed by atoms with Gasteiger partial charge in [0, 0.05) is 38.1 Å². The van der Waals surface area contributed by atoms with Crippen LogP contribution in [0, 0.1) is 18.6 Å². The molecular formula is C22H22F2N6O2. The van der Waals surface area contributed by atoms with Crippen LogP contribution in [-0.4, -0.2) is 55.3 Å². The third-order valence-corrected chi connectivity index (χ3v) is 6.79. The number of anilines is 1. The van der Waals surface area contributed by atoms with Crippen LogP contribution < -0.4 is 4.90 Å². The van der Waals surface area contributed by atoms with Crippen molar-refractivity contribution in [3.05, 3.63) is 53.5 Å². The molecule has 0 unspecified atom stereocenters. The molecular weight excluding hydrogens is 418 g/mol. The summed E-state index contributed by atoms with van der Waals surface area (Å²) in [6.07, 6.45) is 3.62. The molecule has 0 aliphatic carbocycles. The summed E-state index contributed by atoms with van der Waals surface area (Å²) >= 11 is 0. The third-order valence-electron chi connectivity index (χ3n) is 6.79. The Labute approximate surface area is 182 Å². The van der Waals surface area contributed by atoms with Crippen molar-refractivity contribution in [1.29, 1.82) is 0 Å².